The molecule has 1 aliphatic rings. The zero-order valence-corrected chi connectivity index (χ0v) is 12.6. The van der Waals surface area contributed by atoms with Crippen LogP contribution in [-0.4, -0.2) is 42.4 Å². The second-order valence-corrected chi connectivity index (χ2v) is 5.39. The normalized spacial score (nSPS) is 24.1. The maximum Gasteiger partial charge on any atom is 0.334 e. The lowest BCUT2D eigenvalue weighted by Gasteiger charge is -2.25. The molecule has 1 aliphatic heterocycles. The highest BCUT2D eigenvalue weighted by Gasteiger charge is 2.22. The minimum absolute atomic E-state index is 0.0355. The Bertz CT molecular complexity index is 229. The highest BCUT2D eigenvalue weighted by Crippen LogP contribution is 2.13. The number of carbonyl (C=O) groups excluding carboxylic acids is 1. The largest absolute Gasteiger partial charge is 0.463 e. The van der Waals surface area contributed by atoms with E-state index in [1.165, 1.54) is 0 Å². The van der Waals surface area contributed by atoms with E-state index in [4.69, 9.17) is 14.2 Å². The molecule has 0 bridgehead atoms. The molecule has 0 spiro atoms. The summed E-state index contributed by atoms with van der Waals surface area (Å²) in [7, 11) is 0. The third kappa shape index (κ3) is 6.01. The van der Waals surface area contributed by atoms with Crippen molar-refractivity contribution in [3.05, 3.63) is 0 Å². The van der Waals surface area contributed by atoms with Crippen molar-refractivity contribution in [3.8, 4) is 0 Å². The van der Waals surface area contributed by atoms with E-state index >= 15 is 0 Å². The van der Waals surface area contributed by atoms with Gasteiger partial charge in [-0.2, -0.15) is 0 Å². The van der Waals surface area contributed by atoms with Gasteiger partial charge in [-0.15, -0.1) is 0 Å². The molecule has 0 amide bonds. The summed E-state index contributed by atoms with van der Waals surface area (Å²) in [6.45, 7) is 5.65. The average molecular weight is 356 g/mol. The Labute approximate surface area is 117 Å². The van der Waals surface area contributed by atoms with Gasteiger partial charge in [-0.05, 0) is 25.7 Å². The maximum atomic E-state index is 11.6. The van der Waals surface area contributed by atoms with Crippen molar-refractivity contribution in [2.24, 2.45) is 5.92 Å². The lowest BCUT2D eigenvalue weighted by atomic mass is 10.2. The van der Waals surface area contributed by atoms with Crippen molar-refractivity contribution in [1.29, 1.82) is 0 Å². The van der Waals surface area contributed by atoms with Crippen LogP contribution in [0.5, 0.6) is 0 Å². The van der Waals surface area contributed by atoms with E-state index in [9.17, 15) is 4.79 Å². The minimum Gasteiger partial charge on any atom is -0.463 e. The number of halogens is 1. The lowest BCUT2D eigenvalue weighted by molar-refractivity contribution is -0.165. The Morgan fingerprint density at radius 2 is 2.29 bits per heavy atom. The Kier molecular flexibility index (Phi) is 7.38. The molecule has 0 aliphatic carbocycles. The fourth-order valence-corrected chi connectivity index (χ4v) is 1.80. The van der Waals surface area contributed by atoms with Gasteiger partial charge in [-0.1, -0.05) is 29.5 Å². The fraction of sp³-hybridized carbons (Fsp3) is 0.917. The van der Waals surface area contributed by atoms with Crippen LogP contribution in [0.2, 0.25) is 0 Å². The zero-order valence-electron chi connectivity index (χ0n) is 10.5. The minimum atomic E-state index is -0.497. The molecule has 1 fully saturated rings. The van der Waals surface area contributed by atoms with Crippen LogP contribution in [-0.2, 0) is 19.0 Å². The van der Waals surface area contributed by atoms with Gasteiger partial charge in [0.15, 0.2) is 6.10 Å². The molecule has 1 heterocycles. The monoisotopic (exact) mass is 356 g/mol. The number of carbonyl (C=O) groups is 1. The molecule has 0 aromatic heterocycles. The van der Waals surface area contributed by atoms with Gasteiger partial charge < -0.3 is 14.2 Å². The van der Waals surface area contributed by atoms with E-state index in [0.29, 0.717) is 19.1 Å². The summed E-state index contributed by atoms with van der Waals surface area (Å²) in [6, 6.07) is 0. The standard InChI is InChI=1S/C12H21IO4/c1-9(6-13)7-16-12(14)10(2)17-11-4-3-5-15-8-11/h9-11H,3-8H2,1-2H3/t9?,10-,11?/m0/s1. The van der Waals surface area contributed by atoms with Crippen molar-refractivity contribution in [2.75, 3.05) is 24.2 Å². The lowest BCUT2D eigenvalue weighted by Crippen LogP contribution is -2.34. The van der Waals surface area contributed by atoms with Crippen LogP contribution in [0, 0.1) is 5.92 Å². The smallest absolute Gasteiger partial charge is 0.334 e. The molecule has 17 heavy (non-hydrogen) atoms. The van der Waals surface area contributed by atoms with E-state index < -0.39 is 6.10 Å². The van der Waals surface area contributed by atoms with E-state index in [0.717, 1.165) is 23.9 Å². The fourth-order valence-electron chi connectivity index (χ4n) is 1.55. The second-order valence-electron chi connectivity index (χ2n) is 4.51. The SMILES string of the molecule is CC(CI)COC(=O)[C@H](C)OC1CCCOC1. The van der Waals surface area contributed by atoms with Crippen LogP contribution < -0.4 is 0 Å². The zero-order chi connectivity index (χ0) is 12.7. The molecule has 2 unspecified atom stereocenters. The van der Waals surface area contributed by atoms with Gasteiger partial charge in [0.1, 0.15) is 0 Å². The molecule has 100 valence electrons. The third-order valence-corrected chi connectivity index (χ3v) is 4.12. The number of hydrogen-bond acceptors (Lipinski definition) is 4. The highest BCUT2D eigenvalue weighted by molar-refractivity contribution is 14.1. The van der Waals surface area contributed by atoms with Gasteiger partial charge >= 0.3 is 5.97 Å². The maximum absolute atomic E-state index is 11.6. The molecule has 0 N–H and O–H groups in total. The van der Waals surface area contributed by atoms with Crippen LogP contribution >= 0.6 is 22.6 Å². The van der Waals surface area contributed by atoms with E-state index in [1.807, 2.05) is 0 Å². The van der Waals surface area contributed by atoms with Gasteiger partial charge in [0.2, 0.25) is 0 Å². The third-order valence-electron chi connectivity index (χ3n) is 2.62. The first kappa shape index (κ1) is 15.2. The molecule has 0 saturated carbocycles. The van der Waals surface area contributed by atoms with Gasteiger partial charge in [0.05, 0.1) is 19.3 Å². The van der Waals surface area contributed by atoms with Gasteiger partial charge in [0.25, 0.3) is 0 Å². The van der Waals surface area contributed by atoms with Crippen molar-refractivity contribution >= 4 is 28.6 Å². The van der Waals surface area contributed by atoms with Crippen molar-refractivity contribution in [1.82, 2.24) is 0 Å². The van der Waals surface area contributed by atoms with Crippen LogP contribution in [0.4, 0.5) is 0 Å². The van der Waals surface area contributed by atoms with E-state index in [1.54, 1.807) is 6.92 Å². The summed E-state index contributed by atoms with van der Waals surface area (Å²) in [5.74, 6) is 0.122. The summed E-state index contributed by atoms with van der Waals surface area (Å²) in [6.07, 6.45) is 1.50. The summed E-state index contributed by atoms with van der Waals surface area (Å²) < 4.78 is 17.1. The molecular weight excluding hydrogens is 335 g/mol. The van der Waals surface area contributed by atoms with Gasteiger partial charge in [-0.25, -0.2) is 4.79 Å². The Hall–Kier alpha value is 0.120. The predicted molar refractivity (Wildman–Crippen MR) is 73.4 cm³/mol. The molecular formula is C12H21IO4. The number of alkyl halides is 1. The molecule has 4 nitrogen and oxygen atoms in total. The van der Waals surface area contributed by atoms with Crippen LogP contribution in [0.3, 0.4) is 0 Å². The molecule has 1 saturated heterocycles. The summed E-state index contributed by atoms with van der Waals surface area (Å²) in [4.78, 5) is 11.6. The quantitative estimate of drug-likeness (QED) is 0.416. The van der Waals surface area contributed by atoms with Crippen LogP contribution in [0.25, 0.3) is 0 Å². The molecule has 0 aromatic carbocycles. The topological polar surface area (TPSA) is 44.8 Å². The van der Waals surface area contributed by atoms with Crippen LogP contribution in [0.15, 0.2) is 0 Å². The molecule has 5 heteroatoms. The summed E-state index contributed by atoms with van der Waals surface area (Å²) in [5, 5.41) is 0. The number of hydrogen-bond donors (Lipinski definition) is 0. The van der Waals surface area contributed by atoms with Crippen molar-refractivity contribution in [3.63, 3.8) is 0 Å². The average Bonchev–Trinajstić information content (AvgIpc) is 2.36. The molecule has 0 radical (unpaired) electrons. The molecule has 1 rings (SSSR count). The number of ether oxygens (including phenoxy) is 3. The molecule has 0 aromatic rings. The van der Waals surface area contributed by atoms with Crippen molar-refractivity contribution < 1.29 is 19.0 Å². The van der Waals surface area contributed by atoms with Gasteiger partial charge in [0, 0.05) is 11.0 Å². The first-order valence-electron chi connectivity index (χ1n) is 6.09. The highest BCUT2D eigenvalue weighted by atomic mass is 127. The Morgan fingerprint density at radius 1 is 1.53 bits per heavy atom. The van der Waals surface area contributed by atoms with Crippen LogP contribution in [0.1, 0.15) is 26.7 Å². The Morgan fingerprint density at radius 3 is 2.88 bits per heavy atom. The predicted octanol–water partition coefficient (Wildman–Crippen LogP) is 2.18. The first-order chi connectivity index (χ1) is 8.13. The van der Waals surface area contributed by atoms with E-state index in [2.05, 4.69) is 29.5 Å². The molecule has 3 atom stereocenters. The van der Waals surface area contributed by atoms with Crippen molar-refractivity contribution in [2.45, 2.75) is 38.9 Å². The summed E-state index contributed by atoms with van der Waals surface area (Å²) in [5.41, 5.74) is 0. The summed E-state index contributed by atoms with van der Waals surface area (Å²) >= 11 is 2.28. The number of esters is 1. The Balaban J connectivity index is 2.21. The first-order valence-corrected chi connectivity index (χ1v) is 7.61. The van der Waals surface area contributed by atoms with E-state index in [-0.39, 0.29) is 12.1 Å². The van der Waals surface area contributed by atoms with Gasteiger partial charge in [-0.3, -0.25) is 0 Å². The number of rotatable bonds is 6. The second kappa shape index (κ2) is 8.26.